The Balaban J connectivity index is 1.58. The fourth-order valence-corrected chi connectivity index (χ4v) is 5.49. The van der Waals surface area contributed by atoms with Gasteiger partial charge < -0.3 is 14.0 Å². The molecular weight excluding hydrogens is 454 g/mol. The van der Waals surface area contributed by atoms with E-state index in [0.717, 1.165) is 5.69 Å². The third-order valence-corrected chi connectivity index (χ3v) is 7.64. The minimum absolute atomic E-state index is 0.176. The summed E-state index contributed by atoms with van der Waals surface area (Å²) in [4.78, 5) is 13.1. The molecule has 0 bridgehead atoms. The topological polar surface area (TPSA) is 102 Å². The summed E-state index contributed by atoms with van der Waals surface area (Å²) in [5.41, 5.74) is 3.10. The van der Waals surface area contributed by atoms with Gasteiger partial charge in [-0.25, -0.2) is 8.42 Å². The molecule has 176 valence electrons. The second-order valence-corrected chi connectivity index (χ2v) is 9.92. The molecule has 2 aromatic carbocycles. The third kappa shape index (κ3) is 4.75. The van der Waals surface area contributed by atoms with Crippen LogP contribution in [0, 0.1) is 25.2 Å². The molecule has 1 aromatic heterocycles. The van der Waals surface area contributed by atoms with Crippen molar-refractivity contribution in [1.29, 1.82) is 5.26 Å². The van der Waals surface area contributed by atoms with Crippen LogP contribution < -0.4 is 4.74 Å². The number of sulfonamides is 1. The number of aromatic nitrogens is 1. The zero-order valence-electron chi connectivity index (χ0n) is 19.0. The predicted octanol–water partition coefficient (Wildman–Crippen LogP) is 3.25. The average molecular weight is 480 g/mol. The molecule has 8 nitrogen and oxygen atoms in total. The lowest BCUT2D eigenvalue weighted by atomic mass is 10.1. The highest BCUT2D eigenvalue weighted by atomic mass is 32.2. The van der Waals surface area contributed by atoms with Crippen molar-refractivity contribution in [2.45, 2.75) is 18.7 Å². The van der Waals surface area contributed by atoms with Crippen LogP contribution >= 0.6 is 0 Å². The van der Waals surface area contributed by atoms with Crippen molar-refractivity contribution in [3.8, 4) is 17.5 Å². The maximum Gasteiger partial charge on any atom is 0.243 e. The van der Waals surface area contributed by atoms with Gasteiger partial charge in [-0.05, 0) is 56.3 Å². The van der Waals surface area contributed by atoms with E-state index in [1.807, 2.05) is 30.6 Å². The monoisotopic (exact) mass is 479 g/mol. The van der Waals surface area contributed by atoms with Crippen LogP contribution in [0.5, 0.6) is 5.75 Å². The van der Waals surface area contributed by atoms with Crippen molar-refractivity contribution in [2.24, 2.45) is 0 Å². The van der Waals surface area contributed by atoms with Gasteiger partial charge in [-0.2, -0.15) is 9.57 Å². The minimum atomic E-state index is -3.64. The van der Waals surface area contributed by atoms with Gasteiger partial charge >= 0.3 is 0 Å². The van der Waals surface area contributed by atoms with Gasteiger partial charge in [0, 0.05) is 35.7 Å². The van der Waals surface area contributed by atoms with Gasteiger partial charge in [0.15, 0.2) is 6.61 Å². The summed E-state index contributed by atoms with van der Waals surface area (Å²) in [5, 5.41) is 9.02. The molecule has 2 heterocycles. The Bertz CT molecular complexity index is 1370. The molecule has 0 unspecified atom stereocenters. The Hall–Kier alpha value is -3.45. The number of carbonyl (C=O) groups is 1. The third-order valence-electron chi connectivity index (χ3n) is 5.75. The molecule has 0 atom stereocenters. The average Bonchev–Trinajstić information content (AvgIpc) is 3.17. The number of morpholine rings is 1. The molecule has 0 amide bonds. The van der Waals surface area contributed by atoms with E-state index < -0.39 is 10.0 Å². The number of hydrogen-bond acceptors (Lipinski definition) is 6. The van der Waals surface area contributed by atoms with Crippen LogP contribution in [0.4, 0.5) is 0 Å². The number of Topliss-reactive ketones (excluding diaryl/α,β-unsaturated/α-hetero) is 1. The number of ether oxygens (including phenoxy) is 2. The first-order valence-corrected chi connectivity index (χ1v) is 12.3. The summed E-state index contributed by atoms with van der Waals surface area (Å²) in [7, 11) is -3.64. The second-order valence-electron chi connectivity index (χ2n) is 7.99. The van der Waals surface area contributed by atoms with Crippen molar-refractivity contribution in [3.05, 3.63) is 77.1 Å². The summed E-state index contributed by atoms with van der Waals surface area (Å²) < 4.78 is 40.3. The van der Waals surface area contributed by atoms with E-state index in [-0.39, 0.29) is 17.3 Å². The van der Waals surface area contributed by atoms with Gasteiger partial charge in [0.2, 0.25) is 15.8 Å². The maximum absolute atomic E-state index is 13.1. The Morgan fingerprint density at radius 2 is 1.82 bits per heavy atom. The van der Waals surface area contributed by atoms with Crippen LogP contribution in [0.25, 0.3) is 5.69 Å². The van der Waals surface area contributed by atoms with Gasteiger partial charge in [-0.1, -0.05) is 12.1 Å². The molecule has 1 aliphatic heterocycles. The quantitative estimate of drug-likeness (QED) is 0.482. The first-order valence-electron chi connectivity index (χ1n) is 10.8. The van der Waals surface area contributed by atoms with Crippen molar-refractivity contribution in [1.82, 2.24) is 8.87 Å². The van der Waals surface area contributed by atoms with Gasteiger partial charge in [0.25, 0.3) is 0 Å². The first-order chi connectivity index (χ1) is 16.3. The van der Waals surface area contributed by atoms with Crippen LogP contribution in [0.2, 0.25) is 0 Å². The SMILES string of the molecule is Cc1cc(C(=O)COc2cccc(C#N)c2)c(C)n1-c1cccc(S(=O)(=O)N2CCOCC2)c1. The zero-order valence-corrected chi connectivity index (χ0v) is 19.8. The van der Waals surface area contributed by atoms with Gasteiger partial charge in [-0.3, -0.25) is 4.79 Å². The number of rotatable bonds is 7. The van der Waals surface area contributed by atoms with E-state index in [4.69, 9.17) is 14.7 Å². The highest BCUT2D eigenvalue weighted by molar-refractivity contribution is 7.89. The number of hydrogen-bond donors (Lipinski definition) is 0. The lowest BCUT2D eigenvalue weighted by molar-refractivity contribution is 0.0730. The Morgan fingerprint density at radius 1 is 1.09 bits per heavy atom. The maximum atomic E-state index is 13.1. The van der Waals surface area contributed by atoms with E-state index in [1.165, 1.54) is 4.31 Å². The van der Waals surface area contributed by atoms with E-state index >= 15 is 0 Å². The van der Waals surface area contributed by atoms with E-state index in [1.54, 1.807) is 48.5 Å². The van der Waals surface area contributed by atoms with Crippen molar-refractivity contribution in [3.63, 3.8) is 0 Å². The fourth-order valence-electron chi connectivity index (χ4n) is 4.04. The Morgan fingerprint density at radius 3 is 2.56 bits per heavy atom. The Labute approximate surface area is 199 Å². The van der Waals surface area contributed by atoms with Crippen LogP contribution in [-0.4, -0.2) is 56.0 Å². The first kappa shape index (κ1) is 23.7. The van der Waals surface area contributed by atoms with Crippen LogP contribution in [-0.2, 0) is 14.8 Å². The normalized spacial score (nSPS) is 14.5. The molecule has 0 saturated carbocycles. The highest BCUT2D eigenvalue weighted by Gasteiger charge is 2.27. The minimum Gasteiger partial charge on any atom is -0.485 e. The summed E-state index contributed by atoms with van der Waals surface area (Å²) in [6.07, 6.45) is 0. The van der Waals surface area contributed by atoms with Crippen molar-refractivity contribution >= 4 is 15.8 Å². The number of nitrogens with zero attached hydrogens (tertiary/aromatic N) is 3. The number of nitriles is 1. The molecule has 1 saturated heterocycles. The molecule has 4 rings (SSSR count). The van der Waals surface area contributed by atoms with Gasteiger partial charge in [-0.15, -0.1) is 0 Å². The van der Waals surface area contributed by atoms with Gasteiger partial charge in [0.05, 0.1) is 29.7 Å². The molecule has 9 heteroatoms. The molecule has 1 fully saturated rings. The summed E-state index contributed by atoms with van der Waals surface area (Å²) in [6, 6.07) is 17.2. The second kappa shape index (κ2) is 9.81. The predicted molar refractivity (Wildman–Crippen MR) is 126 cm³/mol. The molecule has 0 spiro atoms. The number of aryl methyl sites for hydroxylation is 1. The number of ketones is 1. The van der Waals surface area contributed by atoms with E-state index in [2.05, 4.69) is 0 Å². The molecule has 3 aromatic rings. The van der Waals surface area contributed by atoms with Crippen LogP contribution in [0.3, 0.4) is 0 Å². The van der Waals surface area contributed by atoms with Crippen molar-refractivity contribution in [2.75, 3.05) is 32.9 Å². The Kier molecular flexibility index (Phi) is 6.84. The van der Waals surface area contributed by atoms with E-state index in [9.17, 15) is 13.2 Å². The molecule has 0 radical (unpaired) electrons. The van der Waals surface area contributed by atoms with Crippen LogP contribution in [0.1, 0.15) is 27.3 Å². The lowest BCUT2D eigenvalue weighted by Crippen LogP contribution is -2.40. The summed E-state index contributed by atoms with van der Waals surface area (Å²) in [6.45, 7) is 4.91. The summed E-state index contributed by atoms with van der Waals surface area (Å²) >= 11 is 0. The van der Waals surface area contributed by atoms with Gasteiger partial charge in [0.1, 0.15) is 5.75 Å². The standard InChI is InChI=1S/C25H25N3O5S/c1-18-13-24(25(29)17-33-22-7-3-5-20(14-22)16-26)19(2)28(18)21-6-4-8-23(15-21)34(30,31)27-9-11-32-12-10-27/h3-8,13-15H,9-12,17H2,1-2H3. The largest absolute Gasteiger partial charge is 0.485 e. The molecule has 0 N–H and O–H groups in total. The smallest absolute Gasteiger partial charge is 0.243 e. The lowest BCUT2D eigenvalue weighted by Gasteiger charge is -2.26. The molecular formula is C25H25N3O5S. The van der Waals surface area contributed by atoms with E-state index in [0.29, 0.717) is 54.6 Å². The molecule has 1 aliphatic rings. The van der Waals surface area contributed by atoms with Crippen molar-refractivity contribution < 1.29 is 22.7 Å². The number of benzene rings is 2. The number of carbonyl (C=O) groups excluding carboxylic acids is 1. The zero-order chi connectivity index (χ0) is 24.3. The molecule has 34 heavy (non-hydrogen) atoms. The summed E-state index contributed by atoms with van der Waals surface area (Å²) in [5.74, 6) is 0.237. The highest BCUT2D eigenvalue weighted by Crippen LogP contribution is 2.25. The fraction of sp³-hybridized carbons (Fsp3) is 0.280. The van der Waals surface area contributed by atoms with Crippen LogP contribution in [0.15, 0.2) is 59.5 Å². The molecule has 0 aliphatic carbocycles.